The fourth-order valence-electron chi connectivity index (χ4n) is 9.21. The molecule has 0 unspecified atom stereocenters. The maximum absolute atomic E-state index is 9.62. The van der Waals surface area contributed by atoms with E-state index in [1.807, 2.05) is 136 Å². The van der Waals surface area contributed by atoms with Gasteiger partial charge in [-0.3, -0.25) is 18.7 Å². The van der Waals surface area contributed by atoms with Gasteiger partial charge in [-0.2, -0.15) is 0 Å². The first kappa shape index (κ1) is 37.5. The van der Waals surface area contributed by atoms with Gasteiger partial charge in [-0.15, -0.1) is 0 Å². The summed E-state index contributed by atoms with van der Waals surface area (Å²) in [4.78, 5) is 9.90. The number of imidazole rings is 1. The molecule has 0 N–H and O–H groups in total. The Kier molecular flexibility index (Phi) is 9.42. The highest BCUT2D eigenvalue weighted by Crippen LogP contribution is 2.40. The minimum atomic E-state index is -1.99. The number of hydrogen-bond acceptors (Lipinski definition) is 3. The number of benzene rings is 6. The second kappa shape index (κ2) is 17.8. The Morgan fingerprint density at radius 1 is 0.577 bits per heavy atom. The summed E-state index contributed by atoms with van der Waals surface area (Å²) in [6.45, 7) is 24.2. The van der Waals surface area contributed by atoms with Crippen molar-refractivity contribution in [3.63, 3.8) is 0 Å². The van der Waals surface area contributed by atoms with Gasteiger partial charge in [0.15, 0.2) is 5.82 Å². The summed E-state index contributed by atoms with van der Waals surface area (Å²) in [6.07, 6.45) is 1.60. The Morgan fingerprint density at radius 3 is 1.92 bits per heavy atom. The molecule has 71 heavy (non-hydrogen) atoms. The molecule has 0 aliphatic heterocycles. The van der Waals surface area contributed by atoms with E-state index in [1.165, 1.54) is 0 Å². The van der Waals surface area contributed by atoms with Crippen molar-refractivity contribution >= 4 is 32.8 Å². The van der Waals surface area contributed by atoms with Crippen LogP contribution in [0.2, 0.25) is 0 Å². The zero-order chi connectivity index (χ0) is 58.0. The molecule has 358 valence electrons. The third-order valence-electron chi connectivity index (χ3n) is 12.5. The van der Waals surface area contributed by atoms with E-state index < -0.39 is 41.7 Å². The molecule has 6 heteroatoms. The average molecular weight is 943 g/mol. The summed E-state index contributed by atoms with van der Waals surface area (Å²) < 4.78 is 94.7. The molecule has 0 bridgehead atoms. The number of aromatic nitrogens is 5. The van der Waals surface area contributed by atoms with Crippen LogP contribution in [0.25, 0.3) is 72.4 Å². The molecule has 10 aromatic rings. The number of para-hydroxylation sites is 4. The van der Waals surface area contributed by atoms with Crippen molar-refractivity contribution in [3.05, 3.63) is 193 Å². The van der Waals surface area contributed by atoms with Gasteiger partial charge < -0.3 is 4.74 Å². The highest BCUT2D eigenvalue weighted by molar-refractivity contribution is 6.09. The van der Waals surface area contributed by atoms with Gasteiger partial charge >= 0.3 is 0 Å². The summed E-state index contributed by atoms with van der Waals surface area (Å²) in [5.74, 6) is 1.58. The van der Waals surface area contributed by atoms with E-state index in [0.29, 0.717) is 45.2 Å². The molecule has 0 amide bonds. The Hall–Kier alpha value is -7.31. The molecular formula is C65H67N5O. The lowest BCUT2D eigenvalue weighted by atomic mass is 9.78. The van der Waals surface area contributed by atoms with Crippen molar-refractivity contribution in [3.8, 4) is 51.1 Å². The van der Waals surface area contributed by atoms with Crippen LogP contribution in [0.15, 0.2) is 164 Å². The second-order valence-electron chi connectivity index (χ2n) is 22.6. The molecule has 0 spiro atoms. The quantitative estimate of drug-likeness (QED) is 0.107. The minimum absolute atomic E-state index is 0.0353. The normalized spacial score (nSPS) is 14.8. The van der Waals surface area contributed by atoms with Crippen molar-refractivity contribution < 1.29 is 21.6 Å². The van der Waals surface area contributed by atoms with Gasteiger partial charge in [-0.05, 0) is 104 Å². The lowest BCUT2D eigenvalue weighted by Crippen LogP contribution is -2.31. The molecular weight excluding hydrogens is 867 g/mol. The van der Waals surface area contributed by atoms with E-state index in [2.05, 4.69) is 66.1 Å². The van der Waals surface area contributed by atoms with Crippen molar-refractivity contribution in [2.45, 2.75) is 107 Å². The van der Waals surface area contributed by atoms with Crippen LogP contribution in [0, 0.1) is 17.2 Å². The second-order valence-corrected chi connectivity index (χ2v) is 22.6. The van der Waals surface area contributed by atoms with Crippen LogP contribution in [-0.2, 0) is 23.6 Å². The molecule has 0 saturated heterocycles. The maximum Gasteiger partial charge on any atom is 0.271 e. The Balaban J connectivity index is 1.21. The highest BCUT2D eigenvalue weighted by Gasteiger charge is 2.26. The lowest BCUT2D eigenvalue weighted by molar-refractivity contribution is -0.571. The zero-order valence-corrected chi connectivity index (χ0v) is 42.8. The molecule has 0 aliphatic carbocycles. The smallest absolute Gasteiger partial charge is 0.271 e. The van der Waals surface area contributed by atoms with E-state index in [1.54, 1.807) is 35.0 Å². The van der Waals surface area contributed by atoms with E-state index in [-0.39, 0.29) is 40.0 Å². The van der Waals surface area contributed by atoms with Crippen LogP contribution >= 0.6 is 0 Å². The topological polar surface area (TPSA) is 48.8 Å². The first-order valence-corrected chi connectivity index (χ1v) is 24.3. The molecule has 0 atom stereocenters. The van der Waals surface area contributed by atoms with Crippen LogP contribution in [-0.4, -0.2) is 19.1 Å². The summed E-state index contributed by atoms with van der Waals surface area (Å²) in [7, 11) is 0. The van der Waals surface area contributed by atoms with Crippen LogP contribution in [0.5, 0.6) is 11.5 Å². The minimum Gasteiger partial charge on any atom is -0.458 e. The fraction of sp³-hybridized carbons (Fsp3) is 0.277. The number of ether oxygens (including phenoxy) is 1. The average Bonchev–Trinajstić information content (AvgIpc) is 3.99. The lowest BCUT2D eigenvalue weighted by Gasteiger charge is -2.27. The third-order valence-corrected chi connectivity index (χ3v) is 12.5. The molecule has 0 fully saturated rings. The van der Waals surface area contributed by atoms with E-state index >= 15 is 0 Å². The first-order valence-electron chi connectivity index (χ1n) is 28.8. The molecule has 0 radical (unpaired) electrons. The van der Waals surface area contributed by atoms with E-state index in [9.17, 15) is 5.48 Å². The molecule has 10 rings (SSSR count). The monoisotopic (exact) mass is 943 g/mol. The molecule has 4 aromatic heterocycles. The summed E-state index contributed by atoms with van der Waals surface area (Å²) >= 11 is 0. The van der Waals surface area contributed by atoms with Gasteiger partial charge in [0.2, 0.25) is 0 Å². The summed E-state index contributed by atoms with van der Waals surface area (Å²) in [5.41, 5.74) is 6.18. The maximum atomic E-state index is 9.62. The molecule has 6 aromatic carbocycles. The van der Waals surface area contributed by atoms with Crippen molar-refractivity contribution in [1.82, 2.24) is 19.1 Å². The van der Waals surface area contributed by atoms with Crippen molar-refractivity contribution in [2.75, 3.05) is 0 Å². The third kappa shape index (κ3) is 9.78. The first-order chi connectivity index (χ1) is 37.3. The largest absolute Gasteiger partial charge is 0.458 e. The zero-order valence-electron chi connectivity index (χ0n) is 51.8. The van der Waals surface area contributed by atoms with Crippen LogP contribution in [0.1, 0.15) is 118 Å². The van der Waals surface area contributed by atoms with Gasteiger partial charge in [0.05, 0.1) is 34.6 Å². The molecule has 6 nitrogen and oxygen atoms in total. The standard InChI is InChI=1S/C65H67N5O/c1-62(2,3)40-43-31-32-66-59(33-43)70-55-26-17-16-23-53(55)54-30-29-49(38-58(54)70)71-50-37-48(41-63(4,5)6)67-60(39-50)68-42-69(57-28-19-18-27-56(57)68)61-51(44-21-14-13-15-22-44)24-20-25-52(61)45-34-46(64(7,8)9)36-47(35-45)65(10,11)12/h13-39H,40-41H2,1-12H3/i13D,14D,15D,21D,22D,40D2,41D2. The highest BCUT2D eigenvalue weighted by atomic mass is 16.5. The van der Waals surface area contributed by atoms with Crippen LogP contribution in [0.4, 0.5) is 0 Å². The SMILES string of the molecule is [2H]c1c([2H])c([2H])c(-c2cccc(-c3cc(C(C)(C)C)cc(C(C)(C)C)c3)c2-[n+]2[c-]n(-c3cc(Oc4ccc5c6ccccc6n(-c6cc(C([2H])([2H])C(C)(C)C)ccn6)c5c4)cc(C([2H])([2H])C(C)(C)C)n3)c3ccccc32)c([2H])c1[2H]. The van der Waals surface area contributed by atoms with Gasteiger partial charge in [-0.1, -0.05) is 192 Å². The van der Waals surface area contributed by atoms with Crippen molar-refractivity contribution in [1.29, 1.82) is 0 Å². The van der Waals surface area contributed by atoms with Gasteiger partial charge in [0.25, 0.3) is 6.33 Å². The van der Waals surface area contributed by atoms with Gasteiger partial charge in [0, 0.05) is 46.3 Å². The van der Waals surface area contributed by atoms with Gasteiger partial charge in [-0.25, -0.2) is 4.98 Å². The Labute approximate surface area is 433 Å². The summed E-state index contributed by atoms with van der Waals surface area (Å²) in [5, 5.41) is 1.91. The number of pyridine rings is 2. The molecule has 4 heterocycles. The number of fused-ring (bicyclic) bond motifs is 4. The van der Waals surface area contributed by atoms with E-state index in [4.69, 9.17) is 21.6 Å². The Bertz CT molecular complexity index is 4050. The number of hydrogen-bond donors (Lipinski definition) is 0. The van der Waals surface area contributed by atoms with E-state index in [0.717, 1.165) is 44.1 Å². The predicted octanol–water partition coefficient (Wildman–Crippen LogP) is 16.5. The van der Waals surface area contributed by atoms with Crippen LogP contribution in [0.3, 0.4) is 0 Å². The molecule has 0 aliphatic rings. The van der Waals surface area contributed by atoms with Crippen molar-refractivity contribution in [2.24, 2.45) is 10.8 Å². The summed E-state index contributed by atoms with van der Waals surface area (Å²) in [6, 6.07) is 38.5. The van der Waals surface area contributed by atoms with Gasteiger partial charge in [0.1, 0.15) is 17.3 Å². The number of nitrogens with zero attached hydrogens (tertiary/aromatic N) is 5. The molecule has 0 saturated carbocycles. The predicted molar refractivity (Wildman–Crippen MR) is 295 cm³/mol. The van der Waals surface area contributed by atoms with Crippen LogP contribution < -0.4 is 9.30 Å². The fourth-order valence-corrected chi connectivity index (χ4v) is 9.21. The number of rotatable bonds is 9. The Morgan fingerprint density at radius 2 is 1.23 bits per heavy atom.